The first-order chi connectivity index (χ1) is 9.86. The van der Waals surface area contributed by atoms with Crippen molar-refractivity contribution in [1.82, 2.24) is 4.90 Å². The molecule has 0 bridgehead atoms. The van der Waals surface area contributed by atoms with Crippen LogP contribution in [0.4, 0.5) is 0 Å². The molecule has 0 spiro atoms. The van der Waals surface area contributed by atoms with E-state index in [2.05, 4.69) is 43.9 Å². The number of hydrogen-bond acceptors (Lipinski definition) is 2. The molecule has 1 aliphatic heterocycles. The van der Waals surface area contributed by atoms with Gasteiger partial charge in [0.15, 0.2) is 0 Å². The maximum atomic E-state index is 6.40. The topological polar surface area (TPSA) is 12.5 Å². The molecule has 3 rings (SSSR count). The van der Waals surface area contributed by atoms with Gasteiger partial charge in [-0.25, -0.2) is 0 Å². The highest BCUT2D eigenvalue weighted by Gasteiger charge is 2.62. The zero-order valence-electron chi connectivity index (χ0n) is 13.6. The van der Waals surface area contributed by atoms with Gasteiger partial charge in [-0.2, -0.15) is 0 Å². The summed E-state index contributed by atoms with van der Waals surface area (Å²) < 4.78 is 5.53. The van der Waals surface area contributed by atoms with Crippen LogP contribution in [0.3, 0.4) is 0 Å². The Morgan fingerprint density at radius 1 is 1.38 bits per heavy atom. The second-order valence-corrected chi connectivity index (χ2v) is 8.19. The van der Waals surface area contributed by atoms with Gasteiger partial charge in [0.2, 0.25) is 0 Å². The lowest BCUT2D eigenvalue weighted by atomic mass is 9.48. The molecule has 2 atom stereocenters. The average molecular weight is 308 g/mol. The fraction of sp³-hybridized carbons (Fsp3) is 0.667. The number of nitrogens with zero attached hydrogens (tertiary/aromatic N) is 1. The zero-order chi connectivity index (χ0) is 15.3. The number of halogens is 1. The SMILES string of the molecule is COC[C@@]12CN(Cc3ccc(C)cc3Cl)C[C@@H]1C(C)(C)C2. The number of rotatable bonds is 4. The molecule has 2 aliphatic rings. The van der Waals surface area contributed by atoms with E-state index >= 15 is 0 Å². The Hall–Kier alpha value is -0.570. The van der Waals surface area contributed by atoms with Gasteiger partial charge in [-0.1, -0.05) is 37.6 Å². The third-order valence-corrected chi connectivity index (χ3v) is 5.86. The normalized spacial score (nSPS) is 31.0. The van der Waals surface area contributed by atoms with Crippen LogP contribution in [0.1, 0.15) is 31.4 Å². The second kappa shape index (κ2) is 5.26. The molecule has 0 aromatic heterocycles. The standard InChI is InChI=1S/C18H26ClNO/c1-13-5-6-14(15(19)7-13)8-20-9-16-17(2,3)10-18(16,11-20)12-21-4/h5-7,16H,8-12H2,1-4H3/t16-,18-/m1/s1. The Bertz CT molecular complexity index is 542. The van der Waals surface area contributed by atoms with Gasteiger partial charge in [0.25, 0.3) is 0 Å². The van der Waals surface area contributed by atoms with Gasteiger partial charge in [0.05, 0.1) is 6.61 Å². The maximum absolute atomic E-state index is 6.40. The summed E-state index contributed by atoms with van der Waals surface area (Å²) in [6.45, 7) is 11.0. The predicted molar refractivity (Wildman–Crippen MR) is 87.7 cm³/mol. The average Bonchev–Trinajstić information content (AvgIpc) is 2.68. The number of aryl methyl sites for hydroxylation is 1. The van der Waals surface area contributed by atoms with Crippen LogP contribution < -0.4 is 0 Å². The summed E-state index contributed by atoms with van der Waals surface area (Å²) in [4.78, 5) is 2.56. The quantitative estimate of drug-likeness (QED) is 0.829. The molecular formula is C18H26ClNO. The maximum Gasteiger partial charge on any atom is 0.0534 e. The van der Waals surface area contributed by atoms with E-state index in [0.29, 0.717) is 10.8 Å². The molecule has 1 saturated heterocycles. The predicted octanol–water partition coefficient (Wildman–Crippen LogP) is 4.14. The molecule has 1 aromatic carbocycles. The summed E-state index contributed by atoms with van der Waals surface area (Å²) in [5.41, 5.74) is 3.29. The third-order valence-electron chi connectivity index (χ3n) is 5.50. The van der Waals surface area contributed by atoms with E-state index in [1.54, 1.807) is 0 Å². The molecule has 0 N–H and O–H groups in total. The Labute approximate surface area is 133 Å². The van der Waals surface area contributed by atoms with Gasteiger partial charge in [-0.05, 0) is 41.9 Å². The highest BCUT2D eigenvalue weighted by Crippen LogP contribution is 2.62. The summed E-state index contributed by atoms with van der Waals surface area (Å²) in [5, 5.41) is 0.897. The minimum atomic E-state index is 0.370. The van der Waals surface area contributed by atoms with E-state index < -0.39 is 0 Å². The molecule has 21 heavy (non-hydrogen) atoms. The molecule has 1 aliphatic carbocycles. The van der Waals surface area contributed by atoms with E-state index in [9.17, 15) is 0 Å². The highest BCUT2D eigenvalue weighted by atomic mass is 35.5. The number of fused-ring (bicyclic) bond motifs is 1. The number of likely N-dealkylation sites (tertiary alicyclic amines) is 1. The van der Waals surface area contributed by atoms with Crippen LogP contribution in [0, 0.1) is 23.7 Å². The van der Waals surface area contributed by atoms with Gasteiger partial charge in [-0.3, -0.25) is 4.90 Å². The summed E-state index contributed by atoms with van der Waals surface area (Å²) in [7, 11) is 1.83. The minimum Gasteiger partial charge on any atom is -0.384 e. The van der Waals surface area contributed by atoms with Crippen molar-refractivity contribution in [2.75, 3.05) is 26.8 Å². The van der Waals surface area contributed by atoms with E-state index in [1.165, 1.54) is 24.1 Å². The van der Waals surface area contributed by atoms with Crippen LogP contribution in [0.15, 0.2) is 18.2 Å². The lowest BCUT2D eigenvalue weighted by Crippen LogP contribution is -2.55. The summed E-state index contributed by atoms with van der Waals surface area (Å²) >= 11 is 6.40. The smallest absolute Gasteiger partial charge is 0.0534 e. The van der Waals surface area contributed by atoms with Crippen molar-refractivity contribution in [3.8, 4) is 0 Å². The molecule has 1 saturated carbocycles. The third kappa shape index (κ3) is 2.62. The van der Waals surface area contributed by atoms with Crippen molar-refractivity contribution in [1.29, 1.82) is 0 Å². The molecule has 0 radical (unpaired) electrons. The Morgan fingerprint density at radius 2 is 2.14 bits per heavy atom. The van der Waals surface area contributed by atoms with Crippen LogP contribution in [-0.4, -0.2) is 31.7 Å². The monoisotopic (exact) mass is 307 g/mol. The van der Waals surface area contributed by atoms with Crippen molar-refractivity contribution < 1.29 is 4.74 Å². The first-order valence-corrected chi connectivity index (χ1v) is 8.20. The largest absolute Gasteiger partial charge is 0.384 e. The Morgan fingerprint density at radius 3 is 2.76 bits per heavy atom. The van der Waals surface area contributed by atoms with E-state index in [4.69, 9.17) is 16.3 Å². The molecule has 0 amide bonds. The lowest BCUT2D eigenvalue weighted by Gasteiger charge is -2.56. The van der Waals surface area contributed by atoms with E-state index in [-0.39, 0.29) is 0 Å². The first-order valence-electron chi connectivity index (χ1n) is 7.83. The second-order valence-electron chi connectivity index (χ2n) is 7.78. The molecule has 0 unspecified atom stereocenters. The Balaban J connectivity index is 1.74. The molecule has 1 heterocycles. The molecular weight excluding hydrogens is 282 g/mol. The van der Waals surface area contributed by atoms with Gasteiger partial charge in [0, 0.05) is 37.2 Å². The fourth-order valence-electron chi connectivity index (χ4n) is 4.85. The number of methoxy groups -OCH3 is 1. The number of ether oxygens (including phenoxy) is 1. The van der Waals surface area contributed by atoms with Gasteiger partial charge >= 0.3 is 0 Å². The lowest BCUT2D eigenvalue weighted by molar-refractivity contribution is -0.107. The Kier molecular flexibility index (Phi) is 3.84. The van der Waals surface area contributed by atoms with Crippen molar-refractivity contribution in [3.05, 3.63) is 34.3 Å². The fourth-order valence-corrected chi connectivity index (χ4v) is 5.15. The number of benzene rings is 1. The first kappa shape index (κ1) is 15.3. The highest BCUT2D eigenvalue weighted by molar-refractivity contribution is 6.31. The summed E-state index contributed by atoms with van der Waals surface area (Å²) in [5.74, 6) is 0.745. The van der Waals surface area contributed by atoms with E-state index in [1.807, 2.05) is 7.11 Å². The van der Waals surface area contributed by atoms with Crippen LogP contribution >= 0.6 is 11.6 Å². The van der Waals surface area contributed by atoms with Crippen LogP contribution in [0.5, 0.6) is 0 Å². The van der Waals surface area contributed by atoms with Crippen LogP contribution in [-0.2, 0) is 11.3 Å². The van der Waals surface area contributed by atoms with Crippen LogP contribution in [0.2, 0.25) is 5.02 Å². The molecule has 2 fully saturated rings. The van der Waals surface area contributed by atoms with Crippen molar-refractivity contribution in [2.24, 2.45) is 16.7 Å². The summed E-state index contributed by atoms with van der Waals surface area (Å²) in [6.07, 6.45) is 1.27. The molecule has 1 aromatic rings. The van der Waals surface area contributed by atoms with Gasteiger partial charge in [-0.15, -0.1) is 0 Å². The van der Waals surface area contributed by atoms with Crippen molar-refractivity contribution in [3.63, 3.8) is 0 Å². The molecule has 2 nitrogen and oxygen atoms in total. The zero-order valence-corrected chi connectivity index (χ0v) is 14.3. The molecule has 3 heteroatoms. The van der Waals surface area contributed by atoms with Gasteiger partial charge in [0.1, 0.15) is 0 Å². The van der Waals surface area contributed by atoms with E-state index in [0.717, 1.165) is 30.6 Å². The summed E-state index contributed by atoms with van der Waals surface area (Å²) in [6, 6.07) is 6.39. The number of hydrogen-bond donors (Lipinski definition) is 0. The van der Waals surface area contributed by atoms with Crippen LogP contribution in [0.25, 0.3) is 0 Å². The minimum absolute atomic E-state index is 0.370. The van der Waals surface area contributed by atoms with Crippen molar-refractivity contribution >= 4 is 11.6 Å². The van der Waals surface area contributed by atoms with Crippen molar-refractivity contribution in [2.45, 2.75) is 33.7 Å². The molecule has 116 valence electrons. The van der Waals surface area contributed by atoms with Gasteiger partial charge < -0.3 is 4.74 Å².